The highest BCUT2D eigenvalue weighted by Gasteiger charge is 2.16. The molecule has 0 saturated heterocycles. The predicted octanol–water partition coefficient (Wildman–Crippen LogP) is 13.3. The van der Waals surface area contributed by atoms with Crippen LogP contribution in [0.5, 0.6) is 0 Å². The van der Waals surface area contributed by atoms with Crippen LogP contribution in [0, 0.1) is 13.8 Å². The Hall–Kier alpha value is -5.60. The summed E-state index contributed by atoms with van der Waals surface area (Å²) in [5.74, 6) is -0.447. The third-order valence-corrected chi connectivity index (χ3v) is 10.4. The molecular weight excluding hydrogens is 629 g/mol. The molecule has 0 amide bonds. The number of pyridine rings is 2. The van der Waals surface area contributed by atoms with E-state index in [1.807, 2.05) is 18.3 Å². The summed E-state index contributed by atoms with van der Waals surface area (Å²) in [7, 11) is 0. The van der Waals surface area contributed by atoms with Gasteiger partial charge in [-0.25, -0.2) is 0 Å². The molecule has 0 unspecified atom stereocenters. The molecule has 8 rings (SSSR count). The number of benzene rings is 5. The standard InChI is InChI=1S/C50H46N2/c1-35-26-28-51-49(32-35)43-16-14-37(15-17-43)12-13-38-30-36(2)31-46(33-38)48-11-7-6-10-47(48)42-22-24-44(25-23-42)50-34-45(27-29-52-50)41-20-18-40(19-21-41)39-8-4-3-5-9-39/h6-7,10-11,14-34,39H,3-5,8-9,12-13H2,1-2H3/i1D3,39D. The van der Waals surface area contributed by atoms with Crippen molar-refractivity contribution in [1.82, 2.24) is 9.97 Å². The fraction of sp³-hybridized carbons (Fsp3) is 0.200. The lowest BCUT2D eigenvalue weighted by Gasteiger charge is -2.22. The van der Waals surface area contributed by atoms with Crippen LogP contribution in [-0.2, 0) is 12.8 Å². The van der Waals surface area contributed by atoms with Gasteiger partial charge in [-0.05, 0) is 125 Å². The molecule has 1 saturated carbocycles. The zero-order valence-corrected chi connectivity index (χ0v) is 29.8. The summed E-state index contributed by atoms with van der Waals surface area (Å²) >= 11 is 0. The van der Waals surface area contributed by atoms with Gasteiger partial charge in [-0.3, -0.25) is 9.97 Å². The highest BCUT2D eigenvalue weighted by Crippen LogP contribution is 2.36. The number of rotatable bonds is 9. The minimum atomic E-state index is -2.16. The van der Waals surface area contributed by atoms with Crippen molar-refractivity contribution in [3.63, 3.8) is 0 Å². The minimum Gasteiger partial charge on any atom is -0.256 e. The van der Waals surface area contributed by atoms with E-state index < -0.39 is 12.7 Å². The second-order valence-corrected chi connectivity index (χ2v) is 14.1. The van der Waals surface area contributed by atoms with Crippen LogP contribution in [0.25, 0.3) is 55.9 Å². The molecule has 7 aromatic rings. The summed E-state index contributed by atoms with van der Waals surface area (Å²) in [6.07, 6.45) is 10.7. The lowest BCUT2D eigenvalue weighted by atomic mass is 9.84. The summed E-state index contributed by atoms with van der Waals surface area (Å²) in [5, 5.41) is 0. The van der Waals surface area contributed by atoms with Gasteiger partial charge in [-0.15, -0.1) is 0 Å². The van der Waals surface area contributed by atoms with Crippen molar-refractivity contribution in [2.45, 2.75) is 64.6 Å². The molecule has 1 aliphatic rings. The summed E-state index contributed by atoms with van der Waals surface area (Å²) in [6, 6.07) is 48.6. The molecule has 2 aromatic heterocycles. The molecule has 0 radical (unpaired) electrons. The van der Waals surface area contributed by atoms with Gasteiger partial charge in [0.1, 0.15) is 0 Å². The first-order valence-corrected chi connectivity index (χ1v) is 18.6. The van der Waals surface area contributed by atoms with E-state index in [1.54, 1.807) is 18.3 Å². The maximum absolute atomic E-state index is 9.01. The third-order valence-electron chi connectivity index (χ3n) is 10.4. The van der Waals surface area contributed by atoms with Gasteiger partial charge in [0.2, 0.25) is 0 Å². The Morgan fingerprint density at radius 3 is 1.87 bits per heavy atom. The maximum Gasteiger partial charge on any atom is 0.0708 e. The van der Waals surface area contributed by atoms with Crippen LogP contribution in [0.2, 0.25) is 0 Å². The molecule has 0 bridgehead atoms. The molecular formula is C50H46N2. The highest BCUT2D eigenvalue weighted by molar-refractivity contribution is 5.85. The van der Waals surface area contributed by atoms with Crippen LogP contribution < -0.4 is 0 Å². The summed E-state index contributed by atoms with van der Waals surface area (Å²) in [5.41, 5.74) is 15.8. The first-order chi connectivity index (χ1) is 27.1. The van der Waals surface area contributed by atoms with Crippen molar-refractivity contribution in [2.75, 3.05) is 0 Å². The molecule has 1 fully saturated rings. The van der Waals surface area contributed by atoms with Gasteiger partial charge in [0.25, 0.3) is 0 Å². The fourth-order valence-electron chi connectivity index (χ4n) is 7.62. The Labute approximate surface area is 314 Å². The van der Waals surface area contributed by atoms with Crippen LogP contribution >= 0.6 is 0 Å². The summed E-state index contributed by atoms with van der Waals surface area (Å²) in [6.45, 7) is 0.00906. The zero-order valence-electron chi connectivity index (χ0n) is 33.8. The summed E-state index contributed by atoms with van der Waals surface area (Å²) < 4.78 is 32.2. The van der Waals surface area contributed by atoms with Crippen molar-refractivity contribution in [3.05, 3.63) is 180 Å². The van der Waals surface area contributed by atoms with Crippen molar-refractivity contribution >= 4 is 0 Å². The Kier molecular flexibility index (Phi) is 8.56. The van der Waals surface area contributed by atoms with E-state index >= 15 is 0 Å². The number of aromatic nitrogens is 2. The second kappa shape index (κ2) is 15.3. The van der Waals surface area contributed by atoms with Crippen molar-refractivity contribution in [3.8, 4) is 55.9 Å². The lowest BCUT2D eigenvalue weighted by Crippen LogP contribution is -2.04. The molecule has 2 heterocycles. The Morgan fingerprint density at radius 2 is 1.13 bits per heavy atom. The maximum atomic E-state index is 9.01. The molecule has 0 atom stereocenters. The van der Waals surface area contributed by atoms with Crippen LogP contribution in [0.1, 0.15) is 71.3 Å². The topological polar surface area (TPSA) is 25.8 Å². The van der Waals surface area contributed by atoms with Crippen molar-refractivity contribution in [2.24, 2.45) is 0 Å². The van der Waals surface area contributed by atoms with E-state index in [0.717, 1.165) is 77.6 Å². The van der Waals surface area contributed by atoms with E-state index in [9.17, 15) is 0 Å². The summed E-state index contributed by atoms with van der Waals surface area (Å²) in [4.78, 5) is 9.15. The Bertz CT molecular complexity index is 2440. The van der Waals surface area contributed by atoms with E-state index in [1.165, 1.54) is 39.8 Å². The first kappa shape index (κ1) is 29.0. The molecule has 2 nitrogen and oxygen atoms in total. The lowest BCUT2D eigenvalue weighted by molar-refractivity contribution is 0.443. The largest absolute Gasteiger partial charge is 0.256 e. The molecule has 5 aromatic carbocycles. The normalized spacial score (nSPS) is 15.2. The SMILES string of the molecule is [2H]C([2H])([2H])c1ccnc(-c2ccc(CCc3cc(C)cc(-c4ccccc4-c4ccc(-c5cc(-c6ccc(C7([2H])CCCCC7)cc6)ccn5)cc4)c3)cc2)c1. The van der Waals surface area contributed by atoms with Gasteiger partial charge >= 0.3 is 0 Å². The number of hydrogen-bond acceptors (Lipinski definition) is 2. The minimum absolute atomic E-state index is 0.301. The van der Waals surface area contributed by atoms with Gasteiger partial charge < -0.3 is 0 Å². The van der Waals surface area contributed by atoms with Crippen molar-refractivity contribution in [1.29, 1.82) is 0 Å². The van der Waals surface area contributed by atoms with Crippen LogP contribution in [0.15, 0.2) is 152 Å². The van der Waals surface area contributed by atoms with Gasteiger partial charge in [0.05, 0.1) is 11.4 Å². The average Bonchev–Trinajstić information content (AvgIpc) is 3.23. The van der Waals surface area contributed by atoms with Gasteiger partial charge in [0.15, 0.2) is 0 Å². The first-order valence-electron chi connectivity index (χ1n) is 20.6. The highest BCUT2D eigenvalue weighted by atomic mass is 14.7. The molecule has 52 heavy (non-hydrogen) atoms. The third kappa shape index (κ3) is 7.67. The Balaban J connectivity index is 0.975. The monoisotopic (exact) mass is 678 g/mol. The molecule has 0 N–H and O–H groups in total. The smallest absolute Gasteiger partial charge is 0.0708 e. The van der Waals surface area contributed by atoms with Crippen molar-refractivity contribution < 1.29 is 5.48 Å². The van der Waals surface area contributed by atoms with E-state index in [4.69, 9.17) is 10.5 Å². The molecule has 2 heteroatoms. The van der Waals surface area contributed by atoms with Gasteiger partial charge in [-0.2, -0.15) is 0 Å². The molecule has 1 aliphatic carbocycles. The van der Waals surface area contributed by atoms with E-state index in [0.29, 0.717) is 11.3 Å². The predicted molar refractivity (Wildman–Crippen MR) is 218 cm³/mol. The number of aryl methyl sites for hydroxylation is 4. The van der Waals surface area contributed by atoms with Crippen LogP contribution in [0.4, 0.5) is 0 Å². The van der Waals surface area contributed by atoms with Crippen LogP contribution in [-0.4, -0.2) is 9.97 Å². The zero-order chi connectivity index (χ0) is 38.7. The molecule has 0 aliphatic heterocycles. The molecule has 0 spiro atoms. The van der Waals surface area contributed by atoms with Gasteiger partial charge in [0, 0.05) is 29.0 Å². The number of hydrogen-bond donors (Lipinski definition) is 0. The average molecular weight is 679 g/mol. The van der Waals surface area contributed by atoms with E-state index in [2.05, 4.69) is 127 Å². The fourth-order valence-corrected chi connectivity index (χ4v) is 7.62. The number of nitrogens with zero attached hydrogens (tertiary/aromatic N) is 2. The Morgan fingerprint density at radius 1 is 0.519 bits per heavy atom. The second-order valence-electron chi connectivity index (χ2n) is 14.1. The van der Waals surface area contributed by atoms with Crippen LogP contribution in [0.3, 0.4) is 0 Å². The van der Waals surface area contributed by atoms with E-state index in [-0.39, 0.29) is 0 Å². The quantitative estimate of drug-likeness (QED) is 0.152. The molecule has 256 valence electrons. The van der Waals surface area contributed by atoms with Gasteiger partial charge in [-0.1, -0.05) is 140 Å².